The van der Waals surface area contributed by atoms with Crippen molar-refractivity contribution in [3.63, 3.8) is 0 Å². The molecule has 0 aromatic heterocycles. The molecule has 0 saturated carbocycles. The number of rotatable bonds is 7. The normalized spacial score (nSPS) is 18.6. The van der Waals surface area contributed by atoms with Crippen LogP contribution in [0.1, 0.15) is 30.9 Å². The van der Waals surface area contributed by atoms with Gasteiger partial charge in [0.1, 0.15) is 5.75 Å². The number of amides is 1. The third-order valence-electron chi connectivity index (χ3n) is 4.23. The second-order valence-electron chi connectivity index (χ2n) is 6.17. The van der Waals surface area contributed by atoms with E-state index in [9.17, 15) is 4.79 Å². The van der Waals surface area contributed by atoms with Crippen molar-refractivity contribution in [2.45, 2.75) is 31.6 Å². The summed E-state index contributed by atoms with van der Waals surface area (Å²) in [6.45, 7) is 2.60. The highest BCUT2D eigenvalue weighted by molar-refractivity contribution is 8.15. The van der Waals surface area contributed by atoms with Gasteiger partial charge in [-0.05, 0) is 24.1 Å². The zero-order valence-corrected chi connectivity index (χ0v) is 16.4. The Labute approximate surface area is 164 Å². The first-order chi connectivity index (χ1) is 13.2. The summed E-state index contributed by atoms with van der Waals surface area (Å²) in [6.07, 6.45) is 3.45. The molecule has 1 fully saturated rings. The number of nitrogens with zero attached hydrogens (tertiary/aromatic N) is 3. The van der Waals surface area contributed by atoms with Crippen LogP contribution in [0.2, 0.25) is 0 Å². The number of hydrogen-bond donors (Lipinski definition) is 0. The van der Waals surface area contributed by atoms with Gasteiger partial charge in [0.25, 0.3) is 0 Å². The maximum atomic E-state index is 12.8. The lowest BCUT2D eigenvalue weighted by atomic mass is 10.2. The molecule has 0 N–H and O–H groups in total. The van der Waals surface area contributed by atoms with Crippen LogP contribution in [-0.2, 0) is 11.3 Å². The standard InChI is InChI=1S/C21H23N3O2S/c1-3-9-19-20(25)24(15-16-10-5-4-6-11-16)21(27-19)23-22-14-17-12-7-8-13-18(17)26-2/h4-8,10-14,19H,3,9,15H2,1-2H3. The van der Waals surface area contributed by atoms with E-state index in [1.165, 1.54) is 11.8 Å². The highest BCUT2D eigenvalue weighted by Gasteiger charge is 2.37. The number of benzene rings is 2. The smallest absolute Gasteiger partial charge is 0.242 e. The second kappa shape index (κ2) is 9.37. The third-order valence-corrected chi connectivity index (χ3v) is 5.47. The van der Waals surface area contributed by atoms with Crippen LogP contribution in [0, 0.1) is 0 Å². The average molecular weight is 382 g/mol. The van der Waals surface area contributed by atoms with Crippen molar-refractivity contribution in [3.8, 4) is 5.75 Å². The van der Waals surface area contributed by atoms with Gasteiger partial charge in [-0.2, -0.15) is 5.10 Å². The maximum Gasteiger partial charge on any atom is 0.242 e. The molecule has 2 aromatic rings. The monoisotopic (exact) mass is 381 g/mol. The van der Waals surface area contributed by atoms with E-state index in [-0.39, 0.29) is 11.2 Å². The minimum absolute atomic E-state index is 0.0843. The summed E-state index contributed by atoms with van der Waals surface area (Å²) in [4.78, 5) is 14.5. The first-order valence-electron chi connectivity index (χ1n) is 8.99. The van der Waals surface area contributed by atoms with Crippen molar-refractivity contribution in [2.75, 3.05) is 7.11 Å². The van der Waals surface area contributed by atoms with Crippen molar-refractivity contribution in [2.24, 2.45) is 10.2 Å². The summed E-state index contributed by atoms with van der Waals surface area (Å²) in [7, 11) is 1.63. The largest absolute Gasteiger partial charge is 0.496 e. The average Bonchev–Trinajstić information content (AvgIpc) is 2.98. The molecule has 1 unspecified atom stereocenters. The number of carbonyl (C=O) groups excluding carboxylic acids is 1. The van der Waals surface area contributed by atoms with E-state index in [0.717, 1.165) is 29.7 Å². The van der Waals surface area contributed by atoms with Crippen molar-refractivity contribution < 1.29 is 9.53 Å². The Balaban J connectivity index is 1.82. The van der Waals surface area contributed by atoms with Gasteiger partial charge >= 0.3 is 0 Å². The van der Waals surface area contributed by atoms with E-state index >= 15 is 0 Å². The van der Waals surface area contributed by atoms with Crippen molar-refractivity contribution in [1.82, 2.24) is 4.90 Å². The molecular formula is C21H23N3O2S. The van der Waals surface area contributed by atoms with E-state index in [1.54, 1.807) is 18.2 Å². The number of thioether (sulfide) groups is 1. The molecule has 0 radical (unpaired) electrons. The molecular weight excluding hydrogens is 358 g/mol. The maximum absolute atomic E-state index is 12.8. The van der Waals surface area contributed by atoms with Crippen LogP contribution in [0.5, 0.6) is 5.75 Å². The lowest BCUT2D eigenvalue weighted by Gasteiger charge is -2.15. The minimum Gasteiger partial charge on any atom is -0.496 e. The van der Waals surface area contributed by atoms with Crippen LogP contribution in [0.15, 0.2) is 64.8 Å². The molecule has 1 amide bonds. The van der Waals surface area contributed by atoms with Crippen LogP contribution in [-0.4, -0.2) is 34.5 Å². The number of para-hydroxylation sites is 1. The van der Waals surface area contributed by atoms with Gasteiger partial charge in [0, 0.05) is 5.56 Å². The lowest BCUT2D eigenvalue weighted by Crippen LogP contribution is -2.31. The molecule has 3 rings (SSSR count). The van der Waals surface area contributed by atoms with Crippen LogP contribution in [0.25, 0.3) is 0 Å². The van der Waals surface area contributed by atoms with E-state index in [4.69, 9.17) is 4.74 Å². The third kappa shape index (κ3) is 4.77. The highest BCUT2D eigenvalue weighted by atomic mass is 32.2. The summed E-state index contributed by atoms with van der Waals surface area (Å²) in [6, 6.07) is 17.6. The van der Waals surface area contributed by atoms with E-state index in [1.807, 2.05) is 54.6 Å². The Morgan fingerprint density at radius 1 is 1.15 bits per heavy atom. The van der Waals surface area contributed by atoms with Gasteiger partial charge in [0.15, 0.2) is 5.17 Å². The zero-order chi connectivity index (χ0) is 19.1. The molecule has 1 atom stereocenters. The van der Waals surface area contributed by atoms with E-state index < -0.39 is 0 Å². The molecule has 1 saturated heterocycles. The molecule has 5 nitrogen and oxygen atoms in total. The summed E-state index contributed by atoms with van der Waals surface area (Å²) in [5.41, 5.74) is 1.92. The fourth-order valence-electron chi connectivity index (χ4n) is 2.86. The molecule has 6 heteroatoms. The van der Waals surface area contributed by atoms with Crippen LogP contribution < -0.4 is 4.74 Å². The fourth-order valence-corrected chi connectivity index (χ4v) is 4.07. The molecule has 1 aliphatic heterocycles. The predicted octanol–water partition coefficient (Wildman–Crippen LogP) is 4.33. The van der Waals surface area contributed by atoms with Crippen molar-refractivity contribution >= 4 is 29.1 Å². The number of amidine groups is 1. The Morgan fingerprint density at radius 3 is 2.63 bits per heavy atom. The van der Waals surface area contributed by atoms with Crippen LogP contribution in [0.3, 0.4) is 0 Å². The molecule has 0 bridgehead atoms. The van der Waals surface area contributed by atoms with Crippen molar-refractivity contribution in [3.05, 3.63) is 65.7 Å². The molecule has 2 aromatic carbocycles. The molecule has 1 aliphatic rings. The lowest BCUT2D eigenvalue weighted by molar-refractivity contribution is -0.126. The minimum atomic E-state index is -0.0843. The summed E-state index contributed by atoms with van der Waals surface area (Å²) >= 11 is 1.50. The Bertz CT molecular complexity index is 836. The Hall–Kier alpha value is -2.60. The summed E-state index contributed by atoms with van der Waals surface area (Å²) < 4.78 is 5.32. The first kappa shape index (κ1) is 19.2. The quantitative estimate of drug-likeness (QED) is 0.530. The topological polar surface area (TPSA) is 54.3 Å². The van der Waals surface area contributed by atoms with Gasteiger partial charge in [-0.1, -0.05) is 67.6 Å². The van der Waals surface area contributed by atoms with Crippen molar-refractivity contribution in [1.29, 1.82) is 0 Å². The van der Waals surface area contributed by atoms with Gasteiger partial charge in [0.2, 0.25) is 5.91 Å². The highest BCUT2D eigenvalue weighted by Crippen LogP contribution is 2.31. The molecule has 0 spiro atoms. The van der Waals surface area contributed by atoms with Gasteiger partial charge in [-0.3, -0.25) is 9.69 Å². The fraction of sp³-hybridized carbons (Fsp3) is 0.286. The molecule has 1 heterocycles. The van der Waals surface area contributed by atoms with Crippen LogP contribution in [0.4, 0.5) is 0 Å². The van der Waals surface area contributed by atoms with Gasteiger partial charge in [0.05, 0.1) is 25.1 Å². The van der Waals surface area contributed by atoms with E-state index in [2.05, 4.69) is 17.1 Å². The summed E-state index contributed by atoms with van der Waals surface area (Å²) in [5.74, 6) is 0.846. The number of carbonyl (C=O) groups is 1. The van der Waals surface area contributed by atoms with Crippen LogP contribution >= 0.6 is 11.8 Å². The first-order valence-corrected chi connectivity index (χ1v) is 9.87. The number of methoxy groups -OCH3 is 1. The zero-order valence-electron chi connectivity index (χ0n) is 15.5. The number of hydrogen-bond acceptors (Lipinski definition) is 5. The Morgan fingerprint density at radius 2 is 1.89 bits per heavy atom. The SMILES string of the molecule is CCCC1SC(=NN=Cc2ccccc2OC)N(Cc2ccccc2)C1=O. The molecule has 0 aliphatic carbocycles. The number of ether oxygens (including phenoxy) is 1. The van der Waals surface area contributed by atoms with Gasteiger partial charge in [-0.15, -0.1) is 5.10 Å². The molecule has 140 valence electrons. The second-order valence-corrected chi connectivity index (χ2v) is 7.34. The predicted molar refractivity (Wildman–Crippen MR) is 111 cm³/mol. The van der Waals surface area contributed by atoms with Gasteiger partial charge in [-0.25, -0.2) is 0 Å². The molecule has 27 heavy (non-hydrogen) atoms. The van der Waals surface area contributed by atoms with Gasteiger partial charge < -0.3 is 4.74 Å². The Kier molecular flexibility index (Phi) is 6.65. The summed E-state index contributed by atoms with van der Waals surface area (Å²) in [5, 5.41) is 9.14. The van der Waals surface area contributed by atoms with E-state index in [0.29, 0.717) is 11.7 Å².